The Bertz CT molecular complexity index is 209. The highest BCUT2D eigenvalue weighted by atomic mass is 16.5. The van der Waals surface area contributed by atoms with Gasteiger partial charge in [-0.2, -0.15) is 0 Å². The summed E-state index contributed by atoms with van der Waals surface area (Å²) in [5.41, 5.74) is 6.28. The third kappa shape index (κ3) is 2.23. The number of nitrogens with one attached hydrogen (secondary N) is 1. The molecule has 0 saturated carbocycles. The van der Waals surface area contributed by atoms with Gasteiger partial charge >= 0.3 is 0 Å². The minimum atomic E-state index is 0.706. The Morgan fingerprint density at radius 1 is 1.73 bits per heavy atom. The van der Waals surface area contributed by atoms with Gasteiger partial charge in [0.1, 0.15) is 0 Å². The van der Waals surface area contributed by atoms with Crippen molar-refractivity contribution in [1.29, 1.82) is 0 Å². The van der Waals surface area contributed by atoms with E-state index in [2.05, 4.69) is 10.5 Å². The first-order valence-corrected chi connectivity index (χ1v) is 3.70. The van der Waals surface area contributed by atoms with Crippen molar-refractivity contribution in [3.05, 3.63) is 12.0 Å². The Morgan fingerprint density at radius 3 is 3.09 bits per heavy atom. The smallest absolute Gasteiger partial charge is 0.156 e. The lowest BCUT2D eigenvalue weighted by Gasteiger charge is -2.00. The topological polar surface area (TPSA) is 64.1 Å². The fraction of sp³-hybridized carbons (Fsp3) is 0.571. The lowest BCUT2D eigenvalue weighted by Crippen LogP contribution is -2.08. The molecular weight excluding hydrogens is 142 g/mol. The zero-order chi connectivity index (χ0) is 8.10. The molecule has 3 N–H and O–H groups in total. The molecule has 0 saturated heterocycles. The number of hydrogen-bond acceptors (Lipinski definition) is 4. The molecule has 62 valence electrons. The molecule has 0 aliphatic heterocycles. The fourth-order valence-corrected chi connectivity index (χ4v) is 0.793. The average Bonchev–Trinajstić information content (AvgIpc) is 2.37. The molecule has 1 aromatic heterocycles. The summed E-state index contributed by atoms with van der Waals surface area (Å²) in [4.78, 5) is 0. The third-order valence-electron chi connectivity index (χ3n) is 1.45. The Hall–Kier alpha value is -1.03. The van der Waals surface area contributed by atoms with E-state index in [0.717, 1.165) is 24.4 Å². The van der Waals surface area contributed by atoms with Gasteiger partial charge in [0.05, 0.1) is 11.9 Å². The Morgan fingerprint density at radius 2 is 2.55 bits per heavy atom. The van der Waals surface area contributed by atoms with Gasteiger partial charge in [-0.25, -0.2) is 0 Å². The van der Waals surface area contributed by atoms with Gasteiger partial charge in [-0.15, -0.1) is 0 Å². The molecule has 0 spiro atoms. The summed E-state index contributed by atoms with van der Waals surface area (Å²) in [5, 5.41) is 6.79. The molecule has 4 heteroatoms. The standard InChI is InChI=1S/C7H13N3O/c1-6-7(5-10-11-6)9-4-2-3-8/h5,9H,2-4,8H2,1H3. The SMILES string of the molecule is Cc1oncc1NCCCN. The van der Waals surface area contributed by atoms with Crippen LogP contribution in [0.5, 0.6) is 0 Å². The van der Waals surface area contributed by atoms with Crippen LogP contribution in [0.3, 0.4) is 0 Å². The maximum absolute atomic E-state index is 5.33. The average molecular weight is 155 g/mol. The second-order valence-electron chi connectivity index (χ2n) is 2.36. The van der Waals surface area contributed by atoms with Crippen molar-refractivity contribution in [2.75, 3.05) is 18.4 Å². The van der Waals surface area contributed by atoms with Crippen LogP contribution in [0.2, 0.25) is 0 Å². The van der Waals surface area contributed by atoms with E-state index in [1.165, 1.54) is 0 Å². The van der Waals surface area contributed by atoms with E-state index in [1.807, 2.05) is 6.92 Å². The highest BCUT2D eigenvalue weighted by molar-refractivity contribution is 5.43. The van der Waals surface area contributed by atoms with E-state index >= 15 is 0 Å². The molecule has 0 fully saturated rings. The summed E-state index contributed by atoms with van der Waals surface area (Å²) in [6, 6.07) is 0. The first kappa shape index (κ1) is 8.07. The summed E-state index contributed by atoms with van der Waals surface area (Å²) in [7, 11) is 0. The van der Waals surface area contributed by atoms with Crippen LogP contribution in [0.4, 0.5) is 5.69 Å². The number of rotatable bonds is 4. The normalized spacial score (nSPS) is 10.0. The maximum Gasteiger partial charge on any atom is 0.156 e. The zero-order valence-electron chi connectivity index (χ0n) is 6.63. The molecular formula is C7H13N3O. The monoisotopic (exact) mass is 155 g/mol. The zero-order valence-corrected chi connectivity index (χ0v) is 6.63. The predicted molar refractivity (Wildman–Crippen MR) is 43.4 cm³/mol. The largest absolute Gasteiger partial charge is 0.381 e. The Balaban J connectivity index is 2.32. The van der Waals surface area contributed by atoms with Crippen LogP contribution in [0.25, 0.3) is 0 Å². The number of aryl methyl sites for hydroxylation is 1. The highest BCUT2D eigenvalue weighted by Gasteiger charge is 1.99. The van der Waals surface area contributed by atoms with Gasteiger partial charge < -0.3 is 15.6 Å². The second kappa shape index (κ2) is 3.98. The van der Waals surface area contributed by atoms with Crippen molar-refractivity contribution < 1.29 is 4.52 Å². The van der Waals surface area contributed by atoms with Crippen LogP contribution < -0.4 is 11.1 Å². The van der Waals surface area contributed by atoms with E-state index in [1.54, 1.807) is 6.20 Å². The second-order valence-corrected chi connectivity index (χ2v) is 2.36. The lowest BCUT2D eigenvalue weighted by atomic mass is 10.4. The van der Waals surface area contributed by atoms with Crippen LogP contribution in [0, 0.1) is 6.92 Å². The number of nitrogens with zero attached hydrogens (tertiary/aromatic N) is 1. The molecule has 0 aliphatic rings. The molecule has 0 aliphatic carbocycles. The maximum atomic E-state index is 5.33. The van der Waals surface area contributed by atoms with Crippen molar-refractivity contribution in [2.24, 2.45) is 5.73 Å². The Kier molecular flexibility index (Phi) is 2.92. The lowest BCUT2D eigenvalue weighted by molar-refractivity contribution is 0.398. The van der Waals surface area contributed by atoms with Gasteiger partial charge in [0.25, 0.3) is 0 Å². The molecule has 0 radical (unpaired) electrons. The first-order chi connectivity index (χ1) is 5.34. The molecule has 4 nitrogen and oxygen atoms in total. The number of anilines is 1. The number of aromatic nitrogens is 1. The van der Waals surface area contributed by atoms with Crippen molar-refractivity contribution in [1.82, 2.24) is 5.16 Å². The molecule has 0 unspecified atom stereocenters. The van der Waals surface area contributed by atoms with Gasteiger partial charge in [0.15, 0.2) is 5.76 Å². The minimum absolute atomic E-state index is 0.706. The summed E-state index contributed by atoms with van der Waals surface area (Å²) in [6.07, 6.45) is 2.64. The van der Waals surface area contributed by atoms with E-state index in [-0.39, 0.29) is 0 Å². The fourth-order valence-electron chi connectivity index (χ4n) is 0.793. The van der Waals surface area contributed by atoms with Gasteiger partial charge in [-0.3, -0.25) is 0 Å². The van der Waals surface area contributed by atoms with Crippen molar-refractivity contribution >= 4 is 5.69 Å². The molecule has 0 atom stereocenters. The van der Waals surface area contributed by atoms with Crippen molar-refractivity contribution in [3.63, 3.8) is 0 Å². The highest BCUT2D eigenvalue weighted by Crippen LogP contribution is 2.11. The van der Waals surface area contributed by atoms with Gasteiger partial charge in [0, 0.05) is 6.54 Å². The molecule has 11 heavy (non-hydrogen) atoms. The van der Waals surface area contributed by atoms with Crippen LogP contribution >= 0.6 is 0 Å². The van der Waals surface area contributed by atoms with Gasteiger partial charge in [0.2, 0.25) is 0 Å². The quantitative estimate of drug-likeness (QED) is 0.629. The van der Waals surface area contributed by atoms with E-state index in [4.69, 9.17) is 10.3 Å². The first-order valence-electron chi connectivity index (χ1n) is 3.70. The van der Waals surface area contributed by atoms with Crippen LogP contribution in [-0.4, -0.2) is 18.2 Å². The van der Waals surface area contributed by atoms with Gasteiger partial charge in [-0.1, -0.05) is 5.16 Å². The number of nitrogens with two attached hydrogens (primary N) is 1. The van der Waals surface area contributed by atoms with E-state index in [9.17, 15) is 0 Å². The molecule has 1 heterocycles. The minimum Gasteiger partial charge on any atom is -0.381 e. The van der Waals surface area contributed by atoms with Crippen molar-refractivity contribution in [3.8, 4) is 0 Å². The molecule has 0 bridgehead atoms. The van der Waals surface area contributed by atoms with Crippen LogP contribution in [0.15, 0.2) is 10.7 Å². The Labute approximate surface area is 65.7 Å². The summed E-state index contributed by atoms with van der Waals surface area (Å²) < 4.78 is 4.85. The predicted octanol–water partition coefficient (Wildman–Crippen LogP) is 0.744. The van der Waals surface area contributed by atoms with Crippen LogP contribution in [-0.2, 0) is 0 Å². The molecule has 1 rings (SSSR count). The van der Waals surface area contributed by atoms with Gasteiger partial charge in [-0.05, 0) is 19.9 Å². The molecule has 0 aromatic carbocycles. The summed E-state index contributed by atoms with van der Waals surface area (Å²) in [5.74, 6) is 0.821. The third-order valence-corrected chi connectivity index (χ3v) is 1.45. The van der Waals surface area contributed by atoms with E-state index in [0.29, 0.717) is 6.54 Å². The van der Waals surface area contributed by atoms with Crippen molar-refractivity contribution in [2.45, 2.75) is 13.3 Å². The number of hydrogen-bond donors (Lipinski definition) is 2. The summed E-state index contributed by atoms with van der Waals surface area (Å²) >= 11 is 0. The molecule has 0 amide bonds. The molecule has 1 aromatic rings. The summed E-state index contributed by atoms with van der Waals surface area (Å²) in [6.45, 7) is 3.45. The van der Waals surface area contributed by atoms with E-state index < -0.39 is 0 Å². The van der Waals surface area contributed by atoms with Crippen LogP contribution in [0.1, 0.15) is 12.2 Å².